The molecule has 0 unspecified atom stereocenters. The van der Waals surface area contributed by atoms with Gasteiger partial charge in [0.05, 0.1) is 7.11 Å². The van der Waals surface area contributed by atoms with Crippen molar-refractivity contribution < 1.29 is 52.5 Å². The first-order chi connectivity index (χ1) is 18.9. The van der Waals surface area contributed by atoms with Crippen LogP contribution in [0, 0.1) is 0 Å². The van der Waals surface area contributed by atoms with E-state index in [9.17, 15) is 28.8 Å². The van der Waals surface area contributed by atoms with Gasteiger partial charge in [-0.25, -0.2) is 0 Å². The third kappa shape index (κ3) is 14.2. The lowest BCUT2D eigenvalue weighted by molar-refractivity contribution is -0.228. The van der Waals surface area contributed by atoms with Crippen molar-refractivity contribution in [3.05, 3.63) is 0 Å². The summed E-state index contributed by atoms with van der Waals surface area (Å²) in [5, 5.41) is 5.34. The fourth-order valence-corrected chi connectivity index (χ4v) is 4.40. The van der Waals surface area contributed by atoms with E-state index in [1.165, 1.54) is 21.0 Å². The van der Waals surface area contributed by atoms with E-state index >= 15 is 0 Å². The number of ether oxygens (including phenoxy) is 5. The van der Waals surface area contributed by atoms with Gasteiger partial charge in [-0.2, -0.15) is 0 Å². The summed E-state index contributed by atoms with van der Waals surface area (Å²) in [5.74, 6) is -3.05. The summed E-state index contributed by atoms with van der Waals surface area (Å²) in [5.41, 5.74) is 0. The summed E-state index contributed by atoms with van der Waals surface area (Å²) in [6.45, 7) is 4.40. The summed E-state index contributed by atoms with van der Waals surface area (Å²) in [6, 6.07) is -1.08. The van der Waals surface area contributed by atoms with Gasteiger partial charge in [-0.3, -0.25) is 28.8 Å². The number of rotatable bonds is 17. The van der Waals surface area contributed by atoms with Crippen LogP contribution in [-0.2, 0) is 52.5 Å². The molecule has 2 amide bonds. The Morgan fingerprint density at radius 2 is 1.20 bits per heavy atom. The number of unbranched alkanes of at least 4 members (excludes halogenated alkanes) is 7. The number of esters is 4. The van der Waals surface area contributed by atoms with Gasteiger partial charge < -0.3 is 34.3 Å². The SMILES string of the molecule is COC(=O)CCCCCCCCCCC(=O)N[C@@H]1O[C@H](COC(C)=O)[C@@H](OC(C)=O)[C@H](OC(C)=O)[C@H]1NC(C)=O. The molecule has 2 N–H and O–H groups in total. The molecular formula is C27H44N2O11. The molecule has 0 bridgehead atoms. The highest BCUT2D eigenvalue weighted by atomic mass is 16.6. The molecule has 0 aliphatic carbocycles. The second-order valence-corrected chi connectivity index (χ2v) is 9.74. The van der Waals surface area contributed by atoms with Crippen LogP contribution in [0.15, 0.2) is 0 Å². The quantitative estimate of drug-likeness (QED) is 0.148. The van der Waals surface area contributed by atoms with E-state index in [2.05, 4.69) is 15.4 Å². The Morgan fingerprint density at radius 1 is 0.675 bits per heavy atom. The van der Waals surface area contributed by atoms with Crippen LogP contribution < -0.4 is 10.6 Å². The summed E-state index contributed by atoms with van der Waals surface area (Å²) < 4.78 is 26.4. The van der Waals surface area contributed by atoms with Crippen LogP contribution in [-0.4, -0.2) is 80.0 Å². The third-order valence-electron chi connectivity index (χ3n) is 6.18. The molecule has 228 valence electrons. The Kier molecular flexibility index (Phi) is 16.5. The number of hydrogen-bond acceptors (Lipinski definition) is 11. The molecule has 1 aliphatic heterocycles. The topological polar surface area (TPSA) is 173 Å². The lowest BCUT2D eigenvalue weighted by atomic mass is 9.95. The van der Waals surface area contributed by atoms with Gasteiger partial charge in [-0.1, -0.05) is 38.5 Å². The number of carbonyl (C=O) groups excluding carboxylic acids is 6. The maximum Gasteiger partial charge on any atom is 0.305 e. The molecule has 0 aromatic rings. The molecule has 13 nitrogen and oxygen atoms in total. The van der Waals surface area contributed by atoms with E-state index in [1.54, 1.807) is 0 Å². The maximum absolute atomic E-state index is 12.8. The first-order valence-electron chi connectivity index (χ1n) is 13.7. The van der Waals surface area contributed by atoms with E-state index in [0.29, 0.717) is 12.8 Å². The molecule has 0 radical (unpaired) electrons. The molecule has 0 saturated carbocycles. The average molecular weight is 573 g/mol. The van der Waals surface area contributed by atoms with Crippen molar-refractivity contribution in [2.75, 3.05) is 13.7 Å². The molecule has 40 heavy (non-hydrogen) atoms. The Hall–Kier alpha value is -3.22. The molecule has 1 saturated heterocycles. The number of carbonyl (C=O) groups is 6. The zero-order valence-corrected chi connectivity index (χ0v) is 24.2. The van der Waals surface area contributed by atoms with Gasteiger partial charge in [-0.05, 0) is 12.8 Å². The van der Waals surface area contributed by atoms with Crippen molar-refractivity contribution >= 4 is 35.7 Å². The summed E-state index contributed by atoms with van der Waals surface area (Å²) in [4.78, 5) is 71.0. The van der Waals surface area contributed by atoms with Gasteiger partial charge in [0.2, 0.25) is 11.8 Å². The normalized spacial score (nSPS) is 22.0. The predicted molar refractivity (Wildman–Crippen MR) is 140 cm³/mol. The lowest BCUT2D eigenvalue weighted by Gasteiger charge is -2.45. The fourth-order valence-electron chi connectivity index (χ4n) is 4.40. The van der Waals surface area contributed by atoms with Gasteiger partial charge >= 0.3 is 23.9 Å². The summed E-state index contributed by atoms with van der Waals surface area (Å²) in [7, 11) is 1.38. The number of nitrogens with one attached hydrogen (secondary N) is 2. The van der Waals surface area contributed by atoms with Crippen LogP contribution in [0.5, 0.6) is 0 Å². The highest BCUT2D eigenvalue weighted by molar-refractivity contribution is 5.77. The second kappa shape index (κ2) is 19.0. The van der Waals surface area contributed by atoms with Gasteiger partial charge in [-0.15, -0.1) is 0 Å². The van der Waals surface area contributed by atoms with Crippen LogP contribution in [0.1, 0.15) is 91.9 Å². The molecule has 1 aliphatic rings. The van der Waals surface area contributed by atoms with Crippen molar-refractivity contribution in [2.45, 2.75) is 122 Å². The number of methoxy groups -OCH3 is 1. The summed E-state index contributed by atoms with van der Waals surface area (Å²) in [6.07, 6.45) is 3.29. The summed E-state index contributed by atoms with van der Waals surface area (Å²) >= 11 is 0. The molecule has 0 aromatic carbocycles. The van der Waals surface area contributed by atoms with Crippen LogP contribution in [0.25, 0.3) is 0 Å². The van der Waals surface area contributed by atoms with Crippen molar-refractivity contribution in [1.82, 2.24) is 10.6 Å². The zero-order chi connectivity index (χ0) is 30.1. The first-order valence-corrected chi connectivity index (χ1v) is 13.7. The van der Waals surface area contributed by atoms with Crippen molar-refractivity contribution in [2.24, 2.45) is 0 Å². The van der Waals surface area contributed by atoms with Crippen LogP contribution in [0.4, 0.5) is 0 Å². The molecule has 0 spiro atoms. The lowest BCUT2D eigenvalue weighted by Crippen LogP contribution is -2.69. The molecule has 13 heteroatoms. The molecular weight excluding hydrogens is 528 g/mol. The molecule has 1 heterocycles. The van der Waals surface area contributed by atoms with Gasteiger partial charge in [0.15, 0.2) is 18.4 Å². The van der Waals surface area contributed by atoms with E-state index in [1.807, 2.05) is 0 Å². The minimum Gasteiger partial charge on any atom is -0.469 e. The third-order valence-corrected chi connectivity index (χ3v) is 6.18. The van der Waals surface area contributed by atoms with Gasteiger partial charge in [0.25, 0.3) is 0 Å². The Morgan fingerprint density at radius 3 is 1.70 bits per heavy atom. The van der Waals surface area contributed by atoms with E-state index in [0.717, 1.165) is 58.8 Å². The smallest absolute Gasteiger partial charge is 0.305 e. The largest absolute Gasteiger partial charge is 0.469 e. The monoisotopic (exact) mass is 572 g/mol. The molecule has 5 atom stereocenters. The molecule has 1 rings (SSSR count). The van der Waals surface area contributed by atoms with Crippen LogP contribution in [0.2, 0.25) is 0 Å². The average Bonchev–Trinajstić information content (AvgIpc) is 2.86. The number of amides is 2. The molecule has 0 aromatic heterocycles. The van der Waals surface area contributed by atoms with Crippen LogP contribution in [0.3, 0.4) is 0 Å². The van der Waals surface area contributed by atoms with Gasteiger partial charge in [0, 0.05) is 40.5 Å². The van der Waals surface area contributed by atoms with E-state index < -0.39 is 54.4 Å². The van der Waals surface area contributed by atoms with Crippen LogP contribution >= 0.6 is 0 Å². The van der Waals surface area contributed by atoms with E-state index in [-0.39, 0.29) is 24.9 Å². The minimum absolute atomic E-state index is 0.189. The highest BCUT2D eigenvalue weighted by Crippen LogP contribution is 2.26. The second-order valence-electron chi connectivity index (χ2n) is 9.74. The van der Waals surface area contributed by atoms with E-state index in [4.69, 9.17) is 18.9 Å². The standard InChI is InChI=1S/C27H44N2O11/c1-17(30)28-24-26(39-20(4)33)25(38-19(3)32)21(16-37-18(2)31)40-27(24)29-22(34)14-12-10-8-6-7-9-11-13-15-23(35)36-5/h21,24-27H,6-16H2,1-5H3,(H,28,30)(H,29,34)/t21-,24-,25-,26-,27-/m1/s1. The highest BCUT2D eigenvalue weighted by Gasteiger charge is 2.51. The Balaban J connectivity index is 2.73. The molecule has 1 fully saturated rings. The van der Waals surface area contributed by atoms with Crippen molar-refractivity contribution in [3.63, 3.8) is 0 Å². The Labute approximate surface area is 235 Å². The van der Waals surface area contributed by atoms with Gasteiger partial charge in [0.1, 0.15) is 18.8 Å². The maximum atomic E-state index is 12.8. The first kappa shape index (κ1) is 34.8. The minimum atomic E-state index is -1.22. The van der Waals surface area contributed by atoms with Crippen molar-refractivity contribution in [3.8, 4) is 0 Å². The predicted octanol–water partition coefficient (Wildman–Crippen LogP) is 1.83. The fraction of sp³-hybridized carbons (Fsp3) is 0.778. The Bertz CT molecular complexity index is 863. The zero-order valence-electron chi connectivity index (χ0n) is 24.2. The number of hydrogen-bond donors (Lipinski definition) is 2. The van der Waals surface area contributed by atoms with Crippen molar-refractivity contribution in [1.29, 1.82) is 0 Å².